The minimum absolute atomic E-state index is 0.0804. The quantitative estimate of drug-likeness (QED) is 0.757. The molecule has 0 aromatic rings. The molecule has 5 nitrogen and oxygen atoms in total. The van der Waals surface area contributed by atoms with Crippen molar-refractivity contribution >= 4 is 11.8 Å². The Morgan fingerprint density at radius 1 is 1.35 bits per heavy atom. The Morgan fingerprint density at radius 2 is 1.90 bits per heavy atom. The number of likely N-dealkylation sites (tertiary alicyclic amines) is 1. The highest BCUT2D eigenvalue weighted by molar-refractivity contribution is 6.10. The number of rotatable bonds is 5. The first-order chi connectivity index (χ1) is 9.39. The van der Waals surface area contributed by atoms with Gasteiger partial charge in [0.1, 0.15) is 5.54 Å². The number of carbonyl (C=O) groups is 2. The van der Waals surface area contributed by atoms with E-state index in [-0.39, 0.29) is 41.5 Å². The largest absolute Gasteiger partial charge is 0.298 e. The van der Waals surface area contributed by atoms with Gasteiger partial charge in [-0.2, -0.15) is 5.26 Å². The summed E-state index contributed by atoms with van der Waals surface area (Å²) < 4.78 is 0. The average molecular weight is 275 g/mol. The second-order valence-electron chi connectivity index (χ2n) is 6.93. The zero-order valence-electron chi connectivity index (χ0n) is 12.3. The van der Waals surface area contributed by atoms with E-state index in [1.165, 1.54) is 4.90 Å². The molecule has 1 aliphatic heterocycles. The van der Waals surface area contributed by atoms with Gasteiger partial charge in [-0.25, -0.2) is 0 Å². The fourth-order valence-corrected chi connectivity index (χ4v) is 3.80. The molecule has 1 N–H and O–H groups in total. The number of piperidine rings is 1. The van der Waals surface area contributed by atoms with E-state index in [9.17, 15) is 14.9 Å². The van der Waals surface area contributed by atoms with Crippen LogP contribution in [0.15, 0.2) is 0 Å². The first-order valence-corrected chi connectivity index (χ1v) is 7.40. The van der Waals surface area contributed by atoms with Crippen LogP contribution in [0.2, 0.25) is 0 Å². The predicted octanol–water partition coefficient (Wildman–Crippen LogP) is 0.909. The topological polar surface area (TPSA) is 73.2 Å². The van der Waals surface area contributed by atoms with Crippen LogP contribution >= 0.6 is 0 Å². The molecular formula is C15H21N3O2. The van der Waals surface area contributed by atoms with Gasteiger partial charge in [-0.15, -0.1) is 0 Å². The normalized spacial score (nSPS) is 33.6. The number of hydrogen-bond donors (Lipinski definition) is 1. The Morgan fingerprint density at radius 3 is 2.30 bits per heavy atom. The zero-order valence-corrected chi connectivity index (χ0v) is 12.3. The number of nitrogens with zero attached hydrogens (tertiary/aromatic N) is 2. The maximum atomic E-state index is 12.4. The summed E-state index contributed by atoms with van der Waals surface area (Å²) in [6, 6.07) is 2.34. The number of carbonyl (C=O) groups excluding carboxylic acids is 2. The summed E-state index contributed by atoms with van der Waals surface area (Å²) >= 11 is 0. The molecule has 3 aliphatic rings. The minimum Gasteiger partial charge on any atom is -0.298 e. The summed E-state index contributed by atoms with van der Waals surface area (Å²) in [6.45, 7) is 6.76. The van der Waals surface area contributed by atoms with Crippen molar-refractivity contribution < 1.29 is 9.59 Å². The Balaban J connectivity index is 1.80. The van der Waals surface area contributed by atoms with E-state index in [4.69, 9.17) is 0 Å². The van der Waals surface area contributed by atoms with Crippen molar-refractivity contribution in [2.45, 2.75) is 39.2 Å². The number of nitriles is 1. The molecule has 1 heterocycles. The van der Waals surface area contributed by atoms with Gasteiger partial charge in [-0.1, -0.05) is 20.8 Å². The molecule has 2 saturated carbocycles. The highest BCUT2D eigenvalue weighted by Gasteiger charge is 2.73. The summed E-state index contributed by atoms with van der Waals surface area (Å²) in [6.07, 6.45) is 1.99. The third-order valence-electron chi connectivity index (χ3n) is 5.27. The van der Waals surface area contributed by atoms with Crippen molar-refractivity contribution in [3.8, 4) is 6.07 Å². The molecule has 5 heteroatoms. The molecule has 20 heavy (non-hydrogen) atoms. The fourth-order valence-electron chi connectivity index (χ4n) is 3.80. The van der Waals surface area contributed by atoms with Gasteiger partial charge in [0.2, 0.25) is 11.8 Å². The Hall–Kier alpha value is -1.41. The second-order valence-corrected chi connectivity index (χ2v) is 6.93. The van der Waals surface area contributed by atoms with E-state index < -0.39 is 5.54 Å². The van der Waals surface area contributed by atoms with Crippen molar-refractivity contribution in [2.75, 3.05) is 13.1 Å². The molecule has 0 bridgehead atoms. The molecule has 2 aliphatic carbocycles. The van der Waals surface area contributed by atoms with Crippen molar-refractivity contribution in [3.63, 3.8) is 0 Å². The number of imide groups is 1. The number of fused-ring (bicyclic) bond motifs is 1. The highest BCUT2D eigenvalue weighted by Crippen LogP contribution is 2.63. The lowest BCUT2D eigenvalue weighted by atomic mass is 9.93. The van der Waals surface area contributed by atoms with E-state index in [2.05, 4.69) is 11.4 Å². The molecule has 3 fully saturated rings. The summed E-state index contributed by atoms with van der Waals surface area (Å²) in [4.78, 5) is 26.1. The number of nitrogens with one attached hydrogen (secondary N) is 1. The van der Waals surface area contributed by atoms with Gasteiger partial charge in [-0.3, -0.25) is 19.8 Å². The average Bonchev–Trinajstić information content (AvgIpc) is 3.27. The van der Waals surface area contributed by atoms with Gasteiger partial charge < -0.3 is 0 Å². The van der Waals surface area contributed by atoms with Crippen LogP contribution in [0, 0.1) is 34.5 Å². The Bertz CT molecular complexity index is 494. The monoisotopic (exact) mass is 275 g/mol. The van der Waals surface area contributed by atoms with Gasteiger partial charge in [0.15, 0.2) is 0 Å². The first kappa shape index (κ1) is 13.6. The van der Waals surface area contributed by atoms with E-state index in [1.807, 2.05) is 20.8 Å². The molecule has 3 rings (SSSR count). The molecule has 1 saturated heterocycles. The van der Waals surface area contributed by atoms with Crippen LogP contribution in [0.5, 0.6) is 0 Å². The van der Waals surface area contributed by atoms with Crippen molar-refractivity contribution in [3.05, 3.63) is 0 Å². The van der Waals surface area contributed by atoms with Gasteiger partial charge in [-0.05, 0) is 30.7 Å². The van der Waals surface area contributed by atoms with Crippen LogP contribution in [-0.4, -0.2) is 35.3 Å². The lowest BCUT2D eigenvalue weighted by molar-refractivity contribution is -0.144. The maximum Gasteiger partial charge on any atom is 0.233 e. The molecule has 0 spiro atoms. The van der Waals surface area contributed by atoms with E-state index in [0.29, 0.717) is 6.54 Å². The van der Waals surface area contributed by atoms with Crippen LogP contribution < -0.4 is 5.32 Å². The summed E-state index contributed by atoms with van der Waals surface area (Å²) in [5.74, 6) is -0.219. The third kappa shape index (κ3) is 1.64. The molecule has 108 valence electrons. The maximum absolute atomic E-state index is 12.4. The van der Waals surface area contributed by atoms with Crippen LogP contribution in [0.3, 0.4) is 0 Å². The Labute approximate surface area is 119 Å². The summed E-state index contributed by atoms with van der Waals surface area (Å²) in [5.41, 5.74) is -0.932. The Kier molecular flexibility index (Phi) is 2.74. The molecule has 2 amide bonds. The van der Waals surface area contributed by atoms with Crippen molar-refractivity contribution in [1.29, 1.82) is 5.26 Å². The number of likely N-dealkylation sites (N-methyl/N-ethyl adjacent to an activating group) is 1. The van der Waals surface area contributed by atoms with Gasteiger partial charge in [0, 0.05) is 0 Å². The lowest BCUT2D eigenvalue weighted by Crippen LogP contribution is -2.56. The lowest BCUT2D eigenvalue weighted by Gasteiger charge is -2.32. The number of amides is 2. The van der Waals surface area contributed by atoms with Gasteiger partial charge in [0.25, 0.3) is 0 Å². The highest BCUT2D eigenvalue weighted by atomic mass is 16.2. The standard InChI is InChI=1S/C15H21N3O2/c1-4-17-15(7-16,9-5-6-9)8-18-12(19)10-11(13(18)20)14(10,2)3/h9-11,17H,4-6,8H2,1-3H3. The van der Waals surface area contributed by atoms with Crippen LogP contribution in [-0.2, 0) is 9.59 Å². The third-order valence-corrected chi connectivity index (χ3v) is 5.27. The predicted molar refractivity (Wildman–Crippen MR) is 72.2 cm³/mol. The zero-order chi connectivity index (χ0) is 14.7. The molecule has 3 atom stereocenters. The van der Waals surface area contributed by atoms with Gasteiger partial charge >= 0.3 is 0 Å². The van der Waals surface area contributed by atoms with Crippen molar-refractivity contribution in [2.24, 2.45) is 23.2 Å². The molecule has 0 radical (unpaired) electrons. The van der Waals surface area contributed by atoms with E-state index >= 15 is 0 Å². The number of hydrogen-bond acceptors (Lipinski definition) is 4. The van der Waals surface area contributed by atoms with Gasteiger partial charge in [0.05, 0.1) is 24.4 Å². The van der Waals surface area contributed by atoms with Crippen molar-refractivity contribution in [1.82, 2.24) is 10.2 Å². The van der Waals surface area contributed by atoms with Crippen LogP contribution in [0.4, 0.5) is 0 Å². The molecule has 3 unspecified atom stereocenters. The second kappa shape index (κ2) is 4.05. The van der Waals surface area contributed by atoms with E-state index in [1.54, 1.807) is 0 Å². The molecule has 0 aromatic heterocycles. The van der Waals surface area contributed by atoms with Crippen LogP contribution in [0.1, 0.15) is 33.6 Å². The summed E-state index contributed by atoms with van der Waals surface area (Å²) in [7, 11) is 0. The summed E-state index contributed by atoms with van der Waals surface area (Å²) in [5, 5.41) is 12.8. The minimum atomic E-state index is -0.749. The molecular weight excluding hydrogens is 254 g/mol. The fraction of sp³-hybridized carbons (Fsp3) is 0.800. The molecule has 0 aromatic carbocycles. The first-order valence-electron chi connectivity index (χ1n) is 7.40. The smallest absolute Gasteiger partial charge is 0.233 e. The van der Waals surface area contributed by atoms with E-state index in [0.717, 1.165) is 12.8 Å². The SMILES string of the molecule is CCNC(C#N)(CN1C(=O)C2C(C1=O)C2(C)C)C1CC1. The van der Waals surface area contributed by atoms with Crippen LogP contribution in [0.25, 0.3) is 0 Å².